The molecule has 3 rings (SSSR count). The fraction of sp³-hybridized carbons (Fsp3) is 0.452. The van der Waals surface area contributed by atoms with Crippen LogP contribution in [0.15, 0.2) is 48.5 Å². The van der Waals surface area contributed by atoms with Crippen LogP contribution < -0.4 is 10.6 Å². The van der Waals surface area contributed by atoms with Gasteiger partial charge in [0, 0.05) is 64.1 Å². The lowest BCUT2D eigenvalue weighted by molar-refractivity contribution is -0.142. The number of phenolic OH excluding ortho intramolecular Hbond substituents is 1. The van der Waals surface area contributed by atoms with E-state index in [9.17, 15) is 44.7 Å². The van der Waals surface area contributed by atoms with Crippen molar-refractivity contribution in [3.05, 3.63) is 59.7 Å². The molecule has 0 amide bonds. The van der Waals surface area contributed by atoms with Crippen molar-refractivity contribution in [2.45, 2.75) is 12.5 Å². The number of thiocarbonyl (C=S) groups is 1. The number of rotatable bonds is 13. The molecule has 47 heavy (non-hydrogen) atoms. The smallest absolute Gasteiger partial charge is 0.317 e. The SMILES string of the molecule is O=C(O)CN1CCN(CC(=O)O)CCN(CC(=O)O)C(c2ccc(NC(=S)NCCc3ccc(O)cc3)cc2)CN(CC(=O)O)CC1. The average molecular weight is 675 g/mol. The van der Waals surface area contributed by atoms with Crippen LogP contribution in [0.4, 0.5) is 5.69 Å². The maximum atomic E-state index is 12.0. The molecular formula is C31H42N6O9S. The second-order valence-corrected chi connectivity index (χ2v) is 11.7. The molecule has 2 aromatic carbocycles. The topological polar surface area (TPSA) is 206 Å². The lowest BCUT2D eigenvalue weighted by atomic mass is 10.0. The Morgan fingerprint density at radius 1 is 0.681 bits per heavy atom. The molecule has 1 heterocycles. The number of hydrogen-bond donors (Lipinski definition) is 7. The molecule has 0 saturated carbocycles. The van der Waals surface area contributed by atoms with Crippen LogP contribution in [0.5, 0.6) is 5.75 Å². The van der Waals surface area contributed by atoms with Gasteiger partial charge in [-0.2, -0.15) is 0 Å². The van der Waals surface area contributed by atoms with Crippen molar-refractivity contribution < 1.29 is 44.7 Å². The molecule has 1 aliphatic heterocycles. The van der Waals surface area contributed by atoms with Gasteiger partial charge in [-0.05, 0) is 54.0 Å². The summed E-state index contributed by atoms with van der Waals surface area (Å²) in [6, 6.07) is 13.5. The van der Waals surface area contributed by atoms with E-state index < -0.39 is 29.9 Å². The van der Waals surface area contributed by atoms with Gasteiger partial charge in [-0.3, -0.25) is 38.8 Å². The van der Waals surface area contributed by atoms with Gasteiger partial charge in [0.25, 0.3) is 0 Å². The van der Waals surface area contributed by atoms with Crippen molar-refractivity contribution in [1.82, 2.24) is 24.9 Å². The van der Waals surface area contributed by atoms with Gasteiger partial charge in [-0.25, -0.2) is 0 Å². The van der Waals surface area contributed by atoms with Gasteiger partial charge in [0.2, 0.25) is 0 Å². The maximum absolute atomic E-state index is 12.0. The number of aliphatic carboxylic acids is 4. The lowest BCUT2D eigenvalue weighted by Gasteiger charge is -2.37. The van der Waals surface area contributed by atoms with E-state index >= 15 is 0 Å². The molecule has 0 radical (unpaired) electrons. The molecule has 7 N–H and O–H groups in total. The normalized spacial score (nSPS) is 17.6. The highest BCUT2D eigenvalue weighted by atomic mass is 32.1. The monoisotopic (exact) mass is 674 g/mol. The second-order valence-electron chi connectivity index (χ2n) is 11.3. The van der Waals surface area contributed by atoms with Crippen LogP contribution in [0.2, 0.25) is 0 Å². The predicted molar refractivity (Wildman–Crippen MR) is 177 cm³/mol. The zero-order valence-electron chi connectivity index (χ0n) is 26.0. The number of hydrogen-bond acceptors (Lipinski definition) is 10. The van der Waals surface area contributed by atoms with Crippen LogP contribution in [0.25, 0.3) is 0 Å². The highest BCUT2D eigenvalue weighted by Gasteiger charge is 2.28. The van der Waals surface area contributed by atoms with Gasteiger partial charge in [0.1, 0.15) is 5.75 Å². The molecule has 2 aromatic rings. The number of anilines is 1. The first-order chi connectivity index (χ1) is 22.4. The number of phenols is 1. The molecule has 256 valence electrons. The summed E-state index contributed by atoms with van der Waals surface area (Å²) in [4.78, 5) is 53.5. The van der Waals surface area contributed by atoms with Crippen molar-refractivity contribution >= 4 is 46.9 Å². The Balaban J connectivity index is 1.81. The summed E-state index contributed by atoms with van der Waals surface area (Å²) in [5.41, 5.74) is 2.42. The maximum Gasteiger partial charge on any atom is 0.317 e. The minimum absolute atomic E-state index is 0.128. The number of carbonyl (C=O) groups is 4. The standard InChI is InChI=1S/C31H42N6O9S/c38-25-7-1-22(2-8-25)9-10-32-31(47)33-24-5-3-23(4-6-24)26-17-36(20-29(43)44)14-13-34(18-27(39)40)11-12-35(19-28(41)42)15-16-37(26)21-30(45)46/h1-8,26,38H,9-21H2,(H,39,40)(H,41,42)(H,43,44)(H,45,46)(H2,32,33,47). The molecule has 1 atom stereocenters. The van der Waals surface area contributed by atoms with E-state index in [1.54, 1.807) is 56.0 Å². The number of benzene rings is 2. The average Bonchev–Trinajstić information content (AvgIpc) is 2.99. The van der Waals surface area contributed by atoms with E-state index in [1.165, 1.54) is 0 Å². The predicted octanol–water partition coefficient (Wildman–Crippen LogP) is 0.522. The lowest BCUT2D eigenvalue weighted by Crippen LogP contribution is -2.50. The molecule has 0 aromatic heterocycles. The van der Waals surface area contributed by atoms with Crippen molar-refractivity contribution in [1.29, 1.82) is 0 Å². The fourth-order valence-corrected chi connectivity index (χ4v) is 5.55. The summed E-state index contributed by atoms with van der Waals surface area (Å²) >= 11 is 5.43. The molecule has 16 heteroatoms. The summed E-state index contributed by atoms with van der Waals surface area (Å²) in [7, 11) is 0. The molecule has 1 unspecified atom stereocenters. The zero-order chi connectivity index (χ0) is 34.3. The summed E-state index contributed by atoms with van der Waals surface area (Å²) in [5, 5.41) is 54.4. The quantitative estimate of drug-likeness (QED) is 0.145. The second kappa shape index (κ2) is 18.7. The summed E-state index contributed by atoms with van der Waals surface area (Å²) < 4.78 is 0. The van der Waals surface area contributed by atoms with Gasteiger partial charge in [0.15, 0.2) is 5.11 Å². The Hall–Kier alpha value is -4.35. The first-order valence-electron chi connectivity index (χ1n) is 15.1. The molecule has 0 spiro atoms. The number of carboxylic acid groups (broad SMARTS) is 4. The third kappa shape index (κ3) is 13.9. The van der Waals surface area contributed by atoms with Crippen LogP contribution in [-0.2, 0) is 25.6 Å². The molecule has 15 nitrogen and oxygen atoms in total. The van der Waals surface area contributed by atoms with Crippen LogP contribution in [-0.4, -0.2) is 153 Å². The van der Waals surface area contributed by atoms with Crippen molar-refractivity contribution in [3.63, 3.8) is 0 Å². The minimum Gasteiger partial charge on any atom is -0.508 e. The molecule has 1 fully saturated rings. The van der Waals surface area contributed by atoms with Crippen LogP contribution in [0.1, 0.15) is 17.2 Å². The first-order valence-corrected chi connectivity index (χ1v) is 15.5. The van der Waals surface area contributed by atoms with Crippen molar-refractivity contribution in [2.75, 3.05) is 83.9 Å². The van der Waals surface area contributed by atoms with Gasteiger partial charge in [-0.15, -0.1) is 0 Å². The molecular weight excluding hydrogens is 632 g/mol. The Kier molecular flexibility index (Phi) is 14.8. The third-order valence-electron chi connectivity index (χ3n) is 7.64. The Morgan fingerprint density at radius 2 is 1.17 bits per heavy atom. The van der Waals surface area contributed by atoms with E-state index in [-0.39, 0.29) is 77.7 Å². The highest BCUT2D eigenvalue weighted by molar-refractivity contribution is 7.80. The number of nitrogens with zero attached hydrogens (tertiary/aromatic N) is 4. The minimum atomic E-state index is -1.09. The van der Waals surface area contributed by atoms with E-state index in [2.05, 4.69) is 10.6 Å². The van der Waals surface area contributed by atoms with E-state index in [4.69, 9.17) is 12.2 Å². The molecule has 1 saturated heterocycles. The van der Waals surface area contributed by atoms with Gasteiger partial charge < -0.3 is 36.2 Å². The van der Waals surface area contributed by atoms with Crippen LogP contribution in [0, 0.1) is 0 Å². The Bertz CT molecular complexity index is 1360. The molecule has 0 aliphatic carbocycles. The molecule has 0 bridgehead atoms. The zero-order valence-corrected chi connectivity index (χ0v) is 26.8. The van der Waals surface area contributed by atoms with Gasteiger partial charge in [-0.1, -0.05) is 24.3 Å². The summed E-state index contributed by atoms with van der Waals surface area (Å²) in [6.07, 6.45) is 0.687. The highest BCUT2D eigenvalue weighted by Crippen LogP contribution is 2.24. The molecule has 1 aliphatic rings. The van der Waals surface area contributed by atoms with Gasteiger partial charge in [0.05, 0.1) is 26.2 Å². The van der Waals surface area contributed by atoms with E-state index in [0.717, 1.165) is 5.56 Å². The summed E-state index contributed by atoms with van der Waals surface area (Å²) in [6.45, 7) is 0.619. The van der Waals surface area contributed by atoms with E-state index in [1.807, 2.05) is 12.1 Å². The van der Waals surface area contributed by atoms with Crippen LogP contribution in [0.3, 0.4) is 0 Å². The summed E-state index contributed by atoms with van der Waals surface area (Å²) in [5.74, 6) is -4.10. The third-order valence-corrected chi connectivity index (χ3v) is 7.89. The Labute approximate surface area is 278 Å². The Morgan fingerprint density at radius 3 is 1.70 bits per heavy atom. The van der Waals surface area contributed by atoms with Gasteiger partial charge >= 0.3 is 23.9 Å². The van der Waals surface area contributed by atoms with E-state index in [0.29, 0.717) is 29.3 Å². The number of carboxylic acids is 4. The van der Waals surface area contributed by atoms with Crippen molar-refractivity contribution in [3.8, 4) is 5.75 Å². The largest absolute Gasteiger partial charge is 0.508 e. The van der Waals surface area contributed by atoms with Crippen LogP contribution >= 0.6 is 12.2 Å². The first kappa shape index (κ1) is 37.1. The number of nitrogens with one attached hydrogen (secondary N) is 2. The van der Waals surface area contributed by atoms with Crippen molar-refractivity contribution in [2.24, 2.45) is 0 Å². The number of aromatic hydroxyl groups is 1. The fourth-order valence-electron chi connectivity index (χ4n) is 5.33.